The van der Waals surface area contributed by atoms with E-state index in [9.17, 15) is 4.79 Å². The number of hydrogen-bond acceptors (Lipinski definition) is 2. The van der Waals surface area contributed by atoms with Gasteiger partial charge in [-0.1, -0.05) is 18.9 Å². The van der Waals surface area contributed by atoms with Crippen LogP contribution < -0.4 is 0 Å². The monoisotopic (exact) mass is 218 g/mol. The lowest BCUT2D eigenvalue weighted by Gasteiger charge is -2.27. The molecule has 0 radical (unpaired) electrons. The molecule has 0 aromatic carbocycles. The molecule has 0 aliphatic heterocycles. The van der Waals surface area contributed by atoms with Crippen molar-refractivity contribution in [2.24, 2.45) is 0 Å². The minimum absolute atomic E-state index is 0.0787. The van der Waals surface area contributed by atoms with E-state index in [0.717, 1.165) is 19.4 Å². The van der Waals surface area contributed by atoms with Gasteiger partial charge in [0.15, 0.2) is 0 Å². The highest BCUT2D eigenvalue weighted by atomic mass is 16.2. The molecule has 1 saturated carbocycles. The Morgan fingerprint density at radius 3 is 2.75 bits per heavy atom. The van der Waals surface area contributed by atoms with Crippen molar-refractivity contribution >= 4 is 5.91 Å². The second kappa shape index (κ2) is 5.10. The first-order valence-electron chi connectivity index (χ1n) is 6.05. The van der Waals surface area contributed by atoms with E-state index in [2.05, 4.69) is 4.98 Å². The van der Waals surface area contributed by atoms with E-state index in [1.54, 1.807) is 12.3 Å². The highest BCUT2D eigenvalue weighted by Crippen LogP contribution is 2.24. The van der Waals surface area contributed by atoms with Gasteiger partial charge in [-0.05, 0) is 31.9 Å². The van der Waals surface area contributed by atoms with Gasteiger partial charge in [0.25, 0.3) is 5.91 Å². The van der Waals surface area contributed by atoms with E-state index >= 15 is 0 Å². The van der Waals surface area contributed by atoms with E-state index in [1.165, 1.54) is 12.8 Å². The summed E-state index contributed by atoms with van der Waals surface area (Å²) in [6, 6.07) is 5.92. The van der Waals surface area contributed by atoms with Crippen molar-refractivity contribution in [1.29, 1.82) is 0 Å². The number of carbonyl (C=O) groups is 1. The van der Waals surface area contributed by atoms with Crippen molar-refractivity contribution in [2.75, 3.05) is 6.54 Å². The predicted molar refractivity (Wildman–Crippen MR) is 63.2 cm³/mol. The van der Waals surface area contributed by atoms with Crippen LogP contribution in [0.1, 0.15) is 43.1 Å². The Morgan fingerprint density at radius 1 is 1.44 bits per heavy atom. The molecule has 0 N–H and O–H groups in total. The molecule has 86 valence electrons. The highest BCUT2D eigenvalue weighted by molar-refractivity contribution is 5.92. The summed E-state index contributed by atoms with van der Waals surface area (Å²) in [6.07, 6.45) is 6.46. The van der Waals surface area contributed by atoms with Crippen LogP contribution in [0.25, 0.3) is 0 Å². The van der Waals surface area contributed by atoms with Crippen LogP contribution in [-0.4, -0.2) is 28.4 Å². The van der Waals surface area contributed by atoms with Crippen LogP contribution in [0.15, 0.2) is 24.4 Å². The molecule has 1 amide bonds. The number of nitrogens with zero attached hydrogens (tertiary/aromatic N) is 2. The van der Waals surface area contributed by atoms with Crippen LogP contribution in [0.4, 0.5) is 0 Å². The van der Waals surface area contributed by atoms with Crippen LogP contribution in [0.3, 0.4) is 0 Å². The average Bonchev–Trinajstić information content (AvgIpc) is 2.85. The molecule has 0 atom stereocenters. The lowest BCUT2D eigenvalue weighted by Crippen LogP contribution is -2.38. The van der Waals surface area contributed by atoms with Gasteiger partial charge in [0.1, 0.15) is 5.69 Å². The van der Waals surface area contributed by atoms with Crippen LogP contribution in [0.2, 0.25) is 0 Å². The Hall–Kier alpha value is -1.38. The topological polar surface area (TPSA) is 33.2 Å². The molecule has 0 spiro atoms. The van der Waals surface area contributed by atoms with Crippen LogP contribution in [0, 0.1) is 0 Å². The van der Waals surface area contributed by atoms with E-state index in [-0.39, 0.29) is 5.91 Å². The normalized spacial score (nSPS) is 16.3. The molecule has 1 aliphatic carbocycles. The molecule has 1 aromatic heterocycles. The van der Waals surface area contributed by atoms with E-state index < -0.39 is 0 Å². The molecule has 1 heterocycles. The third-order valence-corrected chi connectivity index (χ3v) is 3.25. The maximum atomic E-state index is 12.2. The summed E-state index contributed by atoms with van der Waals surface area (Å²) < 4.78 is 0. The molecule has 0 saturated heterocycles. The van der Waals surface area contributed by atoms with E-state index in [0.29, 0.717) is 11.7 Å². The van der Waals surface area contributed by atoms with Crippen molar-refractivity contribution in [1.82, 2.24) is 9.88 Å². The Bertz CT molecular complexity index is 344. The predicted octanol–water partition coefficient (Wildman–Crippen LogP) is 2.49. The fraction of sp³-hybridized carbons (Fsp3) is 0.538. The third-order valence-electron chi connectivity index (χ3n) is 3.25. The summed E-state index contributed by atoms with van der Waals surface area (Å²) in [5.74, 6) is 0.0787. The molecule has 1 fully saturated rings. The van der Waals surface area contributed by atoms with Crippen LogP contribution in [0.5, 0.6) is 0 Å². The van der Waals surface area contributed by atoms with Gasteiger partial charge in [-0.25, -0.2) is 0 Å². The van der Waals surface area contributed by atoms with Crippen molar-refractivity contribution in [3.8, 4) is 0 Å². The number of amides is 1. The lowest BCUT2D eigenvalue weighted by molar-refractivity contribution is 0.0687. The standard InChI is InChI=1S/C13H18N2O/c1-2-15(11-7-3-4-8-11)13(16)12-9-5-6-10-14-12/h5-6,9-11H,2-4,7-8H2,1H3. The summed E-state index contributed by atoms with van der Waals surface area (Å²) in [5, 5.41) is 0. The Balaban J connectivity index is 2.12. The van der Waals surface area contributed by atoms with E-state index in [1.807, 2.05) is 24.0 Å². The number of rotatable bonds is 3. The summed E-state index contributed by atoms with van der Waals surface area (Å²) in [6.45, 7) is 2.82. The number of hydrogen-bond donors (Lipinski definition) is 0. The fourth-order valence-electron chi connectivity index (χ4n) is 2.42. The largest absolute Gasteiger partial charge is 0.335 e. The summed E-state index contributed by atoms with van der Waals surface area (Å²) in [4.78, 5) is 18.3. The number of aromatic nitrogens is 1. The Labute approximate surface area is 96.5 Å². The van der Waals surface area contributed by atoms with Crippen molar-refractivity contribution < 1.29 is 4.79 Å². The van der Waals surface area contributed by atoms with Crippen LogP contribution >= 0.6 is 0 Å². The molecule has 1 aromatic rings. The minimum atomic E-state index is 0.0787. The molecule has 3 nitrogen and oxygen atoms in total. The first-order valence-corrected chi connectivity index (χ1v) is 6.05. The lowest BCUT2D eigenvalue weighted by atomic mass is 10.2. The van der Waals surface area contributed by atoms with Crippen molar-refractivity contribution in [3.63, 3.8) is 0 Å². The average molecular weight is 218 g/mol. The van der Waals surface area contributed by atoms with E-state index in [4.69, 9.17) is 0 Å². The van der Waals surface area contributed by atoms with Gasteiger partial charge in [-0.2, -0.15) is 0 Å². The maximum Gasteiger partial charge on any atom is 0.272 e. The van der Waals surface area contributed by atoms with Gasteiger partial charge in [-0.15, -0.1) is 0 Å². The quantitative estimate of drug-likeness (QED) is 0.781. The number of pyridine rings is 1. The highest BCUT2D eigenvalue weighted by Gasteiger charge is 2.26. The zero-order chi connectivity index (χ0) is 11.4. The maximum absolute atomic E-state index is 12.2. The Morgan fingerprint density at radius 2 is 2.19 bits per heavy atom. The van der Waals surface area contributed by atoms with Gasteiger partial charge < -0.3 is 4.90 Å². The van der Waals surface area contributed by atoms with Gasteiger partial charge in [0.05, 0.1) is 0 Å². The first-order chi connectivity index (χ1) is 7.83. The zero-order valence-corrected chi connectivity index (χ0v) is 9.72. The first kappa shape index (κ1) is 11.1. The van der Waals surface area contributed by atoms with Crippen LogP contribution in [-0.2, 0) is 0 Å². The minimum Gasteiger partial charge on any atom is -0.335 e. The molecule has 3 heteroatoms. The second-order valence-corrected chi connectivity index (χ2v) is 4.24. The zero-order valence-electron chi connectivity index (χ0n) is 9.72. The molecule has 1 aliphatic rings. The second-order valence-electron chi connectivity index (χ2n) is 4.24. The van der Waals surface area contributed by atoms with Gasteiger partial charge in [-0.3, -0.25) is 9.78 Å². The molecule has 16 heavy (non-hydrogen) atoms. The molecule has 0 bridgehead atoms. The van der Waals surface area contributed by atoms with Crippen molar-refractivity contribution in [2.45, 2.75) is 38.6 Å². The SMILES string of the molecule is CCN(C(=O)c1ccccn1)C1CCCC1. The third kappa shape index (κ3) is 2.23. The number of carbonyl (C=O) groups excluding carboxylic acids is 1. The van der Waals surface area contributed by atoms with Crippen molar-refractivity contribution in [3.05, 3.63) is 30.1 Å². The Kier molecular flexibility index (Phi) is 3.54. The fourth-order valence-corrected chi connectivity index (χ4v) is 2.42. The molecular formula is C13H18N2O. The molecule has 0 unspecified atom stereocenters. The summed E-state index contributed by atoms with van der Waals surface area (Å²) in [7, 11) is 0. The summed E-state index contributed by atoms with van der Waals surface area (Å²) >= 11 is 0. The molecular weight excluding hydrogens is 200 g/mol. The summed E-state index contributed by atoms with van der Waals surface area (Å²) in [5.41, 5.74) is 0.566. The smallest absolute Gasteiger partial charge is 0.272 e. The van der Waals surface area contributed by atoms with Gasteiger partial charge >= 0.3 is 0 Å². The molecule has 2 rings (SSSR count). The van der Waals surface area contributed by atoms with Gasteiger partial charge in [0, 0.05) is 18.8 Å². The van der Waals surface area contributed by atoms with Gasteiger partial charge in [0.2, 0.25) is 0 Å².